The van der Waals surface area contributed by atoms with Crippen LogP contribution in [0.15, 0.2) is 18.2 Å². The second kappa shape index (κ2) is 7.62. The van der Waals surface area contributed by atoms with Crippen molar-refractivity contribution in [1.82, 2.24) is 14.7 Å². The lowest BCUT2D eigenvalue weighted by molar-refractivity contribution is -0.133. The maximum Gasteiger partial charge on any atom is 0.231 e. The monoisotopic (exact) mass is 345 g/mol. The Morgan fingerprint density at radius 3 is 2.48 bits per heavy atom. The van der Waals surface area contributed by atoms with E-state index in [0.29, 0.717) is 19.1 Å². The van der Waals surface area contributed by atoms with Gasteiger partial charge in [-0.3, -0.25) is 9.69 Å². The van der Waals surface area contributed by atoms with E-state index in [4.69, 9.17) is 9.47 Å². The summed E-state index contributed by atoms with van der Waals surface area (Å²) in [6.45, 7) is 8.01. The molecular formula is C19H27N3O3. The van der Waals surface area contributed by atoms with Gasteiger partial charge in [0.2, 0.25) is 12.7 Å². The molecule has 3 aliphatic heterocycles. The van der Waals surface area contributed by atoms with Crippen LogP contribution in [0.1, 0.15) is 24.8 Å². The summed E-state index contributed by atoms with van der Waals surface area (Å²) in [6.07, 6.45) is 3.24. The Kier molecular flexibility index (Phi) is 5.08. The zero-order valence-electron chi connectivity index (χ0n) is 14.8. The Balaban J connectivity index is 1.22. The second-order valence-corrected chi connectivity index (χ2v) is 7.14. The Morgan fingerprint density at radius 1 is 0.920 bits per heavy atom. The third-order valence-electron chi connectivity index (χ3n) is 5.41. The fourth-order valence-corrected chi connectivity index (χ4v) is 3.87. The van der Waals surface area contributed by atoms with Gasteiger partial charge in [-0.2, -0.15) is 0 Å². The van der Waals surface area contributed by atoms with Crippen molar-refractivity contribution in [1.29, 1.82) is 0 Å². The molecule has 2 fully saturated rings. The van der Waals surface area contributed by atoms with Crippen molar-refractivity contribution < 1.29 is 14.3 Å². The molecule has 1 aromatic rings. The summed E-state index contributed by atoms with van der Waals surface area (Å²) in [5, 5.41) is 0. The average molecular weight is 345 g/mol. The van der Waals surface area contributed by atoms with Gasteiger partial charge in [0.05, 0.1) is 0 Å². The summed E-state index contributed by atoms with van der Waals surface area (Å²) in [5.74, 6) is 1.99. The normalized spacial score (nSPS) is 21.0. The molecular weight excluding hydrogens is 318 g/mol. The molecule has 6 heteroatoms. The van der Waals surface area contributed by atoms with E-state index in [2.05, 4.69) is 21.9 Å². The molecule has 3 heterocycles. The van der Waals surface area contributed by atoms with Gasteiger partial charge >= 0.3 is 0 Å². The van der Waals surface area contributed by atoms with Crippen molar-refractivity contribution in [2.24, 2.45) is 0 Å². The predicted octanol–water partition coefficient (Wildman–Crippen LogP) is 1.55. The third kappa shape index (κ3) is 4.07. The molecule has 136 valence electrons. The summed E-state index contributed by atoms with van der Waals surface area (Å²) < 4.78 is 10.8. The first kappa shape index (κ1) is 16.7. The molecule has 0 bridgehead atoms. The van der Waals surface area contributed by atoms with Gasteiger partial charge in [0.25, 0.3) is 0 Å². The van der Waals surface area contributed by atoms with Crippen molar-refractivity contribution >= 4 is 5.91 Å². The van der Waals surface area contributed by atoms with Gasteiger partial charge in [0, 0.05) is 45.7 Å². The maximum atomic E-state index is 12.4. The lowest BCUT2D eigenvalue weighted by Crippen LogP contribution is -2.48. The van der Waals surface area contributed by atoms with Gasteiger partial charge in [0.15, 0.2) is 11.5 Å². The van der Waals surface area contributed by atoms with E-state index in [1.165, 1.54) is 18.4 Å². The highest BCUT2D eigenvalue weighted by Crippen LogP contribution is 2.32. The smallest absolute Gasteiger partial charge is 0.231 e. The zero-order valence-corrected chi connectivity index (χ0v) is 14.8. The molecule has 6 nitrogen and oxygen atoms in total. The molecule has 25 heavy (non-hydrogen) atoms. The van der Waals surface area contributed by atoms with Crippen LogP contribution in [0.5, 0.6) is 11.5 Å². The van der Waals surface area contributed by atoms with Crippen LogP contribution in [0, 0.1) is 0 Å². The molecule has 0 unspecified atom stereocenters. The van der Waals surface area contributed by atoms with Crippen LogP contribution in [-0.2, 0) is 11.3 Å². The van der Waals surface area contributed by atoms with E-state index < -0.39 is 0 Å². The standard InChI is InChI=1S/C19H27N3O3/c23-19(5-8-20-6-1-2-7-20)22-11-9-21(10-12-22)14-16-3-4-17-18(13-16)25-15-24-17/h3-4,13H,1-2,5-12,14-15H2. The summed E-state index contributed by atoms with van der Waals surface area (Å²) in [5.41, 5.74) is 1.23. The highest BCUT2D eigenvalue weighted by molar-refractivity contribution is 5.76. The van der Waals surface area contributed by atoms with Gasteiger partial charge in [-0.05, 0) is 43.6 Å². The van der Waals surface area contributed by atoms with Crippen LogP contribution >= 0.6 is 0 Å². The number of piperazine rings is 1. The third-order valence-corrected chi connectivity index (χ3v) is 5.41. The Bertz CT molecular complexity index is 608. The number of carbonyl (C=O) groups excluding carboxylic acids is 1. The van der Waals surface area contributed by atoms with Crippen LogP contribution in [0.4, 0.5) is 0 Å². The largest absolute Gasteiger partial charge is 0.454 e. The molecule has 1 aromatic carbocycles. The minimum absolute atomic E-state index is 0.314. The average Bonchev–Trinajstić information content (AvgIpc) is 3.31. The van der Waals surface area contributed by atoms with Gasteiger partial charge < -0.3 is 19.3 Å². The van der Waals surface area contributed by atoms with E-state index in [1.54, 1.807) is 0 Å². The topological polar surface area (TPSA) is 45.3 Å². The lowest BCUT2D eigenvalue weighted by Gasteiger charge is -2.35. The molecule has 1 amide bonds. The van der Waals surface area contributed by atoms with E-state index in [1.807, 2.05) is 11.0 Å². The van der Waals surface area contributed by atoms with E-state index in [-0.39, 0.29) is 0 Å². The number of nitrogens with zero attached hydrogens (tertiary/aromatic N) is 3. The SMILES string of the molecule is O=C(CCN1CCCC1)N1CCN(Cc2ccc3c(c2)OCO3)CC1. The van der Waals surface area contributed by atoms with Gasteiger partial charge in [-0.25, -0.2) is 0 Å². The van der Waals surface area contributed by atoms with Crippen molar-refractivity contribution in [3.63, 3.8) is 0 Å². The van der Waals surface area contributed by atoms with Crippen molar-refractivity contribution in [3.05, 3.63) is 23.8 Å². The molecule has 4 rings (SSSR count). The molecule has 3 aliphatic rings. The Hall–Kier alpha value is -1.79. The summed E-state index contributed by atoms with van der Waals surface area (Å²) in [7, 11) is 0. The highest BCUT2D eigenvalue weighted by atomic mass is 16.7. The Labute approximate surface area is 149 Å². The maximum absolute atomic E-state index is 12.4. The number of hydrogen-bond donors (Lipinski definition) is 0. The van der Waals surface area contributed by atoms with Gasteiger partial charge in [-0.15, -0.1) is 0 Å². The Morgan fingerprint density at radius 2 is 1.68 bits per heavy atom. The first-order valence-electron chi connectivity index (χ1n) is 9.39. The number of ether oxygens (including phenoxy) is 2. The van der Waals surface area contributed by atoms with Crippen molar-refractivity contribution in [2.45, 2.75) is 25.8 Å². The van der Waals surface area contributed by atoms with Crippen molar-refractivity contribution in [3.8, 4) is 11.5 Å². The molecule has 0 N–H and O–H groups in total. The fraction of sp³-hybridized carbons (Fsp3) is 0.632. The van der Waals surface area contributed by atoms with Crippen LogP contribution in [-0.4, -0.2) is 73.2 Å². The molecule has 0 spiro atoms. The first-order chi connectivity index (χ1) is 12.3. The summed E-state index contributed by atoms with van der Waals surface area (Å²) in [4.78, 5) is 19.2. The van der Waals surface area contributed by atoms with Gasteiger partial charge in [-0.1, -0.05) is 6.07 Å². The first-order valence-corrected chi connectivity index (χ1v) is 9.39. The van der Waals surface area contributed by atoms with Crippen LogP contribution < -0.4 is 9.47 Å². The highest BCUT2D eigenvalue weighted by Gasteiger charge is 2.22. The van der Waals surface area contributed by atoms with E-state index >= 15 is 0 Å². The molecule has 0 atom stereocenters. The number of likely N-dealkylation sites (tertiary alicyclic amines) is 1. The molecule has 0 aliphatic carbocycles. The number of rotatable bonds is 5. The number of carbonyl (C=O) groups is 1. The van der Waals surface area contributed by atoms with E-state index in [0.717, 1.165) is 63.9 Å². The number of fused-ring (bicyclic) bond motifs is 1. The summed E-state index contributed by atoms with van der Waals surface area (Å²) >= 11 is 0. The minimum atomic E-state index is 0.314. The van der Waals surface area contributed by atoms with Crippen LogP contribution in [0.2, 0.25) is 0 Å². The van der Waals surface area contributed by atoms with Crippen molar-refractivity contribution in [2.75, 3.05) is 52.6 Å². The fourth-order valence-electron chi connectivity index (χ4n) is 3.87. The molecule has 0 saturated carbocycles. The zero-order chi connectivity index (χ0) is 17.1. The number of hydrogen-bond acceptors (Lipinski definition) is 5. The number of benzene rings is 1. The van der Waals surface area contributed by atoms with Crippen LogP contribution in [0.25, 0.3) is 0 Å². The molecule has 0 aromatic heterocycles. The quantitative estimate of drug-likeness (QED) is 0.810. The second-order valence-electron chi connectivity index (χ2n) is 7.14. The summed E-state index contributed by atoms with van der Waals surface area (Å²) in [6, 6.07) is 6.15. The minimum Gasteiger partial charge on any atom is -0.454 e. The van der Waals surface area contributed by atoms with E-state index in [9.17, 15) is 4.79 Å². The predicted molar refractivity (Wildman–Crippen MR) is 94.7 cm³/mol. The molecule has 0 radical (unpaired) electrons. The van der Waals surface area contributed by atoms with Gasteiger partial charge in [0.1, 0.15) is 0 Å². The lowest BCUT2D eigenvalue weighted by atomic mass is 10.1. The molecule has 2 saturated heterocycles. The van der Waals surface area contributed by atoms with Crippen LogP contribution in [0.3, 0.4) is 0 Å². The number of amides is 1.